The van der Waals surface area contributed by atoms with Crippen molar-refractivity contribution in [3.63, 3.8) is 0 Å². The van der Waals surface area contributed by atoms with Gasteiger partial charge in [-0.05, 0) is 24.1 Å². The van der Waals surface area contributed by atoms with E-state index in [1.54, 1.807) is 25.1 Å². The third-order valence-corrected chi connectivity index (χ3v) is 4.35. The van der Waals surface area contributed by atoms with Gasteiger partial charge in [0.1, 0.15) is 0 Å². The SMILES string of the molecule is Cc1c(Cl)cccc1C(NN)c1cnc(C(F)(F)F)s1. The van der Waals surface area contributed by atoms with E-state index in [0.717, 1.165) is 11.1 Å². The second-order valence-corrected chi connectivity index (χ2v) is 5.59. The molecule has 0 amide bonds. The Morgan fingerprint density at radius 1 is 1.40 bits per heavy atom. The van der Waals surface area contributed by atoms with E-state index >= 15 is 0 Å². The quantitative estimate of drug-likeness (QED) is 0.670. The van der Waals surface area contributed by atoms with E-state index in [2.05, 4.69) is 10.4 Å². The molecule has 1 unspecified atom stereocenters. The lowest BCUT2D eigenvalue weighted by Crippen LogP contribution is -2.28. The topological polar surface area (TPSA) is 50.9 Å². The van der Waals surface area contributed by atoms with Crippen LogP contribution in [-0.4, -0.2) is 4.98 Å². The predicted molar refractivity (Wildman–Crippen MR) is 72.5 cm³/mol. The largest absolute Gasteiger partial charge is 0.443 e. The summed E-state index contributed by atoms with van der Waals surface area (Å²) in [6, 6.07) is 4.61. The Hall–Kier alpha value is -1.15. The molecule has 1 aromatic heterocycles. The van der Waals surface area contributed by atoms with Gasteiger partial charge in [-0.25, -0.2) is 10.4 Å². The molecule has 20 heavy (non-hydrogen) atoms. The summed E-state index contributed by atoms with van der Waals surface area (Å²) in [4.78, 5) is 3.78. The monoisotopic (exact) mass is 321 g/mol. The Labute approximate surface area is 122 Å². The molecule has 1 aromatic carbocycles. The van der Waals surface area contributed by atoms with Crippen molar-refractivity contribution >= 4 is 22.9 Å². The zero-order chi connectivity index (χ0) is 14.9. The van der Waals surface area contributed by atoms with E-state index < -0.39 is 17.2 Å². The number of alkyl halides is 3. The van der Waals surface area contributed by atoms with Crippen LogP contribution in [0, 0.1) is 6.92 Å². The molecule has 1 heterocycles. The van der Waals surface area contributed by atoms with Crippen LogP contribution in [0.1, 0.15) is 27.1 Å². The third-order valence-electron chi connectivity index (χ3n) is 2.84. The molecular weight excluding hydrogens is 311 g/mol. The van der Waals surface area contributed by atoms with Crippen LogP contribution < -0.4 is 11.3 Å². The predicted octanol–water partition coefficient (Wildman–Crippen LogP) is 3.68. The maximum Gasteiger partial charge on any atom is 0.443 e. The first-order valence-electron chi connectivity index (χ1n) is 5.58. The standard InChI is InChI=1S/C12H11ClF3N3S/c1-6-7(3-2-4-8(6)13)10(19-17)9-5-18-11(20-9)12(14,15)16/h2-5,10,19H,17H2,1H3. The summed E-state index contributed by atoms with van der Waals surface area (Å²) in [5.41, 5.74) is 3.99. The molecule has 0 spiro atoms. The number of benzene rings is 1. The Morgan fingerprint density at radius 3 is 2.65 bits per heavy atom. The molecule has 0 bridgehead atoms. The highest BCUT2D eigenvalue weighted by atomic mass is 35.5. The minimum Gasteiger partial charge on any atom is -0.271 e. The van der Waals surface area contributed by atoms with Gasteiger partial charge in [0.2, 0.25) is 0 Å². The van der Waals surface area contributed by atoms with Gasteiger partial charge in [-0.1, -0.05) is 23.7 Å². The molecule has 3 N–H and O–H groups in total. The van der Waals surface area contributed by atoms with Crippen LogP contribution in [0.2, 0.25) is 5.02 Å². The highest BCUT2D eigenvalue weighted by Crippen LogP contribution is 2.37. The molecule has 3 nitrogen and oxygen atoms in total. The second-order valence-electron chi connectivity index (χ2n) is 4.12. The number of halogens is 4. The molecule has 0 saturated heterocycles. The fourth-order valence-electron chi connectivity index (χ4n) is 1.81. The van der Waals surface area contributed by atoms with Gasteiger partial charge in [-0.3, -0.25) is 5.84 Å². The van der Waals surface area contributed by atoms with E-state index in [9.17, 15) is 13.2 Å². The van der Waals surface area contributed by atoms with E-state index in [4.69, 9.17) is 17.4 Å². The molecule has 2 aromatic rings. The number of rotatable bonds is 3. The zero-order valence-corrected chi connectivity index (χ0v) is 11.9. The van der Waals surface area contributed by atoms with Gasteiger partial charge >= 0.3 is 6.18 Å². The molecule has 0 saturated carbocycles. The minimum atomic E-state index is -4.45. The summed E-state index contributed by atoms with van der Waals surface area (Å²) in [5.74, 6) is 5.48. The van der Waals surface area contributed by atoms with E-state index in [0.29, 0.717) is 21.2 Å². The lowest BCUT2D eigenvalue weighted by atomic mass is 10.0. The third kappa shape index (κ3) is 2.95. The number of nitrogens with two attached hydrogens (primary N) is 1. The van der Waals surface area contributed by atoms with Gasteiger partial charge in [0.15, 0.2) is 5.01 Å². The molecule has 0 aliphatic heterocycles. The number of thiazole rings is 1. The molecule has 8 heteroatoms. The first kappa shape index (κ1) is 15.2. The number of hydrogen-bond donors (Lipinski definition) is 2. The normalized spacial score (nSPS) is 13.5. The van der Waals surface area contributed by atoms with Crippen LogP contribution in [0.15, 0.2) is 24.4 Å². The van der Waals surface area contributed by atoms with Crippen molar-refractivity contribution in [2.45, 2.75) is 19.1 Å². The molecule has 2 rings (SSSR count). The summed E-state index contributed by atoms with van der Waals surface area (Å²) < 4.78 is 37.8. The van der Waals surface area contributed by atoms with Gasteiger partial charge in [0.05, 0.1) is 6.04 Å². The number of hydrazine groups is 1. The Morgan fingerprint density at radius 2 is 2.10 bits per heavy atom. The van der Waals surface area contributed by atoms with Gasteiger partial charge in [0.25, 0.3) is 0 Å². The Bertz CT molecular complexity index is 612. The first-order valence-corrected chi connectivity index (χ1v) is 6.78. The summed E-state index contributed by atoms with van der Waals surface area (Å²) in [7, 11) is 0. The number of hydrogen-bond acceptors (Lipinski definition) is 4. The van der Waals surface area contributed by atoms with E-state index in [-0.39, 0.29) is 0 Å². The van der Waals surface area contributed by atoms with Crippen molar-refractivity contribution in [1.29, 1.82) is 0 Å². The summed E-state index contributed by atoms with van der Waals surface area (Å²) in [6.45, 7) is 1.79. The fraction of sp³-hybridized carbons (Fsp3) is 0.250. The van der Waals surface area contributed by atoms with Crippen molar-refractivity contribution < 1.29 is 13.2 Å². The lowest BCUT2D eigenvalue weighted by molar-refractivity contribution is -0.137. The molecule has 0 aliphatic rings. The van der Waals surface area contributed by atoms with Gasteiger partial charge in [0, 0.05) is 16.1 Å². The average molecular weight is 322 g/mol. The molecule has 0 radical (unpaired) electrons. The molecule has 108 valence electrons. The Balaban J connectivity index is 2.43. The Kier molecular flexibility index (Phi) is 4.33. The van der Waals surface area contributed by atoms with Crippen LogP contribution in [0.5, 0.6) is 0 Å². The van der Waals surface area contributed by atoms with Crippen LogP contribution >= 0.6 is 22.9 Å². The van der Waals surface area contributed by atoms with E-state index in [1.165, 1.54) is 6.20 Å². The van der Waals surface area contributed by atoms with Gasteiger partial charge in [-0.15, -0.1) is 11.3 Å². The van der Waals surface area contributed by atoms with Crippen LogP contribution in [-0.2, 0) is 6.18 Å². The van der Waals surface area contributed by atoms with Crippen molar-refractivity contribution in [2.75, 3.05) is 0 Å². The van der Waals surface area contributed by atoms with Crippen molar-refractivity contribution in [2.24, 2.45) is 5.84 Å². The highest BCUT2D eigenvalue weighted by molar-refractivity contribution is 7.11. The molecule has 0 fully saturated rings. The second kappa shape index (κ2) is 5.69. The summed E-state index contributed by atoms with van der Waals surface area (Å²) in [5, 5.41) is -0.365. The fourth-order valence-corrected chi connectivity index (χ4v) is 2.86. The highest BCUT2D eigenvalue weighted by Gasteiger charge is 2.35. The zero-order valence-electron chi connectivity index (χ0n) is 10.3. The van der Waals surface area contributed by atoms with Crippen LogP contribution in [0.25, 0.3) is 0 Å². The van der Waals surface area contributed by atoms with Crippen molar-refractivity contribution in [3.8, 4) is 0 Å². The van der Waals surface area contributed by atoms with Crippen molar-refractivity contribution in [1.82, 2.24) is 10.4 Å². The molecule has 1 atom stereocenters. The number of nitrogens with zero attached hydrogens (tertiary/aromatic N) is 1. The summed E-state index contributed by atoms with van der Waals surface area (Å²) in [6.07, 6.45) is -3.27. The molecule has 0 aliphatic carbocycles. The van der Waals surface area contributed by atoms with Crippen LogP contribution in [0.3, 0.4) is 0 Å². The van der Waals surface area contributed by atoms with Gasteiger partial charge < -0.3 is 0 Å². The summed E-state index contributed by atoms with van der Waals surface area (Å²) >= 11 is 6.58. The number of nitrogens with one attached hydrogen (secondary N) is 1. The average Bonchev–Trinajstić information content (AvgIpc) is 2.85. The van der Waals surface area contributed by atoms with Crippen LogP contribution in [0.4, 0.5) is 13.2 Å². The first-order chi connectivity index (χ1) is 9.34. The van der Waals surface area contributed by atoms with Gasteiger partial charge in [-0.2, -0.15) is 13.2 Å². The number of aromatic nitrogens is 1. The van der Waals surface area contributed by atoms with Crippen molar-refractivity contribution in [3.05, 3.63) is 50.4 Å². The smallest absolute Gasteiger partial charge is 0.271 e. The molecular formula is C12H11ClF3N3S. The maximum absolute atomic E-state index is 12.6. The van der Waals surface area contributed by atoms with E-state index in [1.807, 2.05) is 0 Å². The minimum absolute atomic E-state index is 0.380. The lowest BCUT2D eigenvalue weighted by Gasteiger charge is -2.17. The maximum atomic E-state index is 12.6.